The summed E-state index contributed by atoms with van der Waals surface area (Å²) in [5.41, 5.74) is 6.03. The van der Waals surface area contributed by atoms with Gasteiger partial charge in [0.05, 0.1) is 0 Å². The van der Waals surface area contributed by atoms with Crippen molar-refractivity contribution in [2.75, 3.05) is 36.9 Å². The number of fused-ring (bicyclic) bond motifs is 1. The maximum atomic E-state index is 12.6. The Balaban J connectivity index is 1.41. The molecular formula is C21H23N3O. The van der Waals surface area contributed by atoms with Gasteiger partial charge >= 0.3 is 6.03 Å². The number of hydrogen-bond donors (Lipinski definition) is 1. The van der Waals surface area contributed by atoms with Gasteiger partial charge in [-0.2, -0.15) is 0 Å². The molecule has 0 unspecified atom stereocenters. The summed E-state index contributed by atoms with van der Waals surface area (Å²) >= 11 is 0. The molecule has 0 aromatic heterocycles. The molecular weight excluding hydrogens is 310 g/mol. The Labute approximate surface area is 148 Å². The molecule has 0 saturated heterocycles. The van der Waals surface area contributed by atoms with Crippen LogP contribution in [-0.4, -0.2) is 37.6 Å². The predicted molar refractivity (Wildman–Crippen MR) is 103 cm³/mol. The Morgan fingerprint density at radius 2 is 1.88 bits per heavy atom. The lowest BCUT2D eigenvalue weighted by Crippen LogP contribution is -2.37. The molecule has 2 aromatic carbocycles. The molecule has 25 heavy (non-hydrogen) atoms. The molecule has 0 aliphatic carbocycles. The molecule has 1 N–H and O–H groups in total. The van der Waals surface area contributed by atoms with Crippen LogP contribution in [0.25, 0.3) is 5.57 Å². The van der Waals surface area contributed by atoms with Gasteiger partial charge in [0.1, 0.15) is 0 Å². The van der Waals surface area contributed by atoms with Gasteiger partial charge < -0.3 is 15.1 Å². The SMILES string of the molecule is CN1CCc2ccc(NC(=O)N3CC=C(c4ccccc4)CC3)cc21. The first-order chi connectivity index (χ1) is 12.2. The minimum absolute atomic E-state index is 0.0241. The van der Waals surface area contributed by atoms with Crippen LogP contribution in [0.5, 0.6) is 0 Å². The molecule has 0 bridgehead atoms. The standard InChI is InChI=1S/C21H23N3O/c1-23-12-9-18-7-8-19(15-20(18)23)22-21(25)24-13-10-17(11-14-24)16-5-3-2-4-6-16/h2-8,10,15H,9,11-14H2,1H3,(H,22,25). The highest BCUT2D eigenvalue weighted by Crippen LogP contribution is 2.30. The molecule has 2 aliphatic rings. The van der Waals surface area contributed by atoms with Gasteiger partial charge in [0.15, 0.2) is 0 Å². The van der Waals surface area contributed by atoms with Crippen molar-refractivity contribution in [1.29, 1.82) is 0 Å². The van der Waals surface area contributed by atoms with Gasteiger partial charge in [0.2, 0.25) is 0 Å². The zero-order valence-corrected chi connectivity index (χ0v) is 14.5. The lowest BCUT2D eigenvalue weighted by atomic mass is 10.00. The van der Waals surface area contributed by atoms with Gasteiger partial charge in [-0.1, -0.05) is 42.5 Å². The van der Waals surface area contributed by atoms with E-state index >= 15 is 0 Å². The van der Waals surface area contributed by atoms with Crippen LogP contribution in [0.4, 0.5) is 16.2 Å². The van der Waals surface area contributed by atoms with Crippen molar-refractivity contribution < 1.29 is 4.79 Å². The van der Waals surface area contributed by atoms with Crippen LogP contribution in [-0.2, 0) is 6.42 Å². The van der Waals surface area contributed by atoms with Gasteiger partial charge in [0.25, 0.3) is 0 Å². The number of carbonyl (C=O) groups is 1. The van der Waals surface area contributed by atoms with E-state index in [1.54, 1.807) is 0 Å². The molecule has 2 aliphatic heterocycles. The first kappa shape index (κ1) is 15.8. The summed E-state index contributed by atoms with van der Waals surface area (Å²) < 4.78 is 0. The lowest BCUT2D eigenvalue weighted by molar-refractivity contribution is 0.217. The Kier molecular flexibility index (Phi) is 4.18. The smallest absolute Gasteiger partial charge is 0.322 e. The third kappa shape index (κ3) is 3.25. The van der Waals surface area contributed by atoms with E-state index in [0.717, 1.165) is 31.6 Å². The fraction of sp³-hybridized carbons (Fsp3) is 0.286. The summed E-state index contributed by atoms with van der Waals surface area (Å²) in [6.07, 6.45) is 4.14. The van der Waals surface area contributed by atoms with Gasteiger partial charge in [0, 0.05) is 38.1 Å². The summed E-state index contributed by atoms with van der Waals surface area (Å²) in [7, 11) is 2.10. The van der Waals surface area contributed by atoms with Crippen LogP contribution >= 0.6 is 0 Å². The molecule has 0 spiro atoms. The minimum atomic E-state index is -0.0241. The van der Waals surface area contributed by atoms with Gasteiger partial charge in [-0.25, -0.2) is 4.79 Å². The lowest BCUT2D eigenvalue weighted by Gasteiger charge is -2.27. The van der Waals surface area contributed by atoms with Crippen LogP contribution in [0.3, 0.4) is 0 Å². The summed E-state index contributed by atoms with van der Waals surface area (Å²) in [5.74, 6) is 0. The van der Waals surface area contributed by atoms with Crippen LogP contribution in [0.2, 0.25) is 0 Å². The quantitative estimate of drug-likeness (QED) is 0.901. The Bertz CT molecular complexity index is 813. The average Bonchev–Trinajstić information content (AvgIpc) is 3.03. The van der Waals surface area contributed by atoms with Crippen molar-refractivity contribution in [3.8, 4) is 0 Å². The second-order valence-corrected chi connectivity index (χ2v) is 6.74. The van der Waals surface area contributed by atoms with Crippen LogP contribution < -0.4 is 10.2 Å². The summed E-state index contributed by atoms with van der Waals surface area (Å²) in [6.45, 7) is 2.45. The Morgan fingerprint density at radius 3 is 2.64 bits per heavy atom. The third-order valence-corrected chi connectivity index (χ3v) is 5.11. The summed E-state index contributed by atoms with van der Waals surface area (Å²) in [6, 6.07) is 16.6. The molecule has 0 atom stereocenters. The van der Waals surface area contributed by atoms with E-state index in [9.17, 15) is 4.79 Å². The van der Waals surface area contributed by atoms with E-state index in [4.69, 9.17) is 0 Å². The van der Waals surface area contributed by atoms with Gasteiger partial charge in [-0.3, -0.25) is 0 Å². The van der Waals surface area contributed by atoms with E-state index in [0.29, 0.717) is 6.54 Å². The normalized spacial score (nSPS) is 16.4. The molecule has 128 valence electrons. The first-order valence-corrected chi connectivity index (χ1v) is 8.85. The van der Waals surface area contributed by atoms with E-state index < -0.39 is 0 Å². The number of nitrogens with one attached hydrogen (secondary N) is 1. The third-order valence-electron chi connectivity index (χ3n) is 5.11. The predicted octanol–water partition coefficient (Wildman–Crippen LogP) is 4.00. The fourth-order valence-corrected chi connectivity index (χ4v) is 3.59. The number of benzene rings is 2. The highest BCUT2D eigenvalue weighted by Gasteiger charge is 2.20. The zero-order chi connectivity index (χ0) is 17.2. The second kappa shape index (κ2) is 6.63. The summed E-state index contributed by atoms with van der Waals surface area (Å²) in [5, 5.41) is 3.05. The molecule has 4 heteroatoms. The number of anilines is 2. The van der Waals surface area contributed by atoms with Gasteiger partial charge in [-0.05, 0) is 41.7 Å². The molecule has 0 fully saturated rings. The Morgan fingerprint density at radius 1 is 1.04 bits per heavy atom. The number of likely N-dealkylation sites (N-methyl/N-ethyl adjacent to an activating group) is 1. The van der Waals surface area contributed by atoms with Crippen molar-refractivity contribution in [1.82, 2.24) is 4.90 Å². The number of nitrogens with zero attached hydrogens (tertiary/aromatic N) is 2. The monoisotopic (exact) mass is 333 g/mol. The molecule has 2 aromatic rings. The molecule has 4 rings (SSSR count). The van der Waals surface area contributed by atoms with E-state index in [1.807, 2.05) is 17.0 Å². The number of carbonyl (C=O) groups excluding carboxylic acids is 1. The number of urea groups is 1. The Hall–Kier alpha value is -2.75. The number of rotatable bonds is 2. The number of hydrogen-bond acceptors (Lipinski definition) is 2. The van der Waals surface area contributed by atoms with Crippen molar-refractivity contribution in [3.63, 3.8) is 0 Å². The molecule has 0 radical (unpaired) electrons. The fourth-order valence-electron chi connectivity index (χ4n) is 3.59. The molecule has 2 heterocycles. The van der Waals surface area contributed by atoms with Crippen molar-refractivity contribution >= 4 is 23.0 Å². The van der Waals surface area contributed by atoms with Crippen molar-refractivity contribution in [2.45, 2.75) is 12.8 Å². The minimum Gasteiger partial charge on any atom is -0.374 e. The molecule has 2 amide bonds. The first-order valence-electron chi connectivity index (χ1n) is 8.85. The maximum Gasteiger partial charge on any atom is 0.322 e. The summed E-state index contributed by atoms with van der Waals surface area (Å²) in [4.78, 5) is 16.7. The van der Waals surface area contributed by atoms with Gasteiger partial charge in [-0.15, -0.1) is 0 Å². The highest BCUT2D eigenvalue weighted by atomic mass is 16.2. The largest absolute Gasteiger partial charge is 0.374 e. The number of amides is 2. The van der Waals surface area contributed by atoms with E-state index in [1.165, 1.54) is 22.4 Å². The topological polar surface area (TPSA) is 35.6 Å². The van der Waals surface area contributed by atoms with E-state index in [-0.39, 0.29) is 6.03 Å². The van der Waals surface area contributed by atoms with Crippen molar-refractivity contribution in [2.24, 2.45) is 0 Å². The molecule has 0 saturated carbocycles. The zero-order valence-electron chi connectivity index (χ0n) is 14.5. The van der Waals surface area contributed by atoms with Crippen LogP contribution in [0.15, 0.2) is 54.6 Å². The van der Waals surface area contributed by atoms with Crippen LogP contribution in [0, 0.1) is 0 Å². The maximum absolute atomic E-state index is 12.6. The molecule has 4 nitrogen and oxygen atoms in total. The van der Waals surface area contributed by atoms with Crippen LogP contribution in [0.1, 0.15) is 17.5 Å². The average molecular weight is 333 g/mol. The second-order valence-electron chi connectivity index (χ2n) is 6.74. The van der Waals surface area contributed by atoms with E-state index in [2.05, 4.69) is 59.7 Å². The highest BCUT2D eigenvalue weighted by molar-refractivity contribution is 5.91. The van der Waals surface area contributed by atoms with Crippen molar-refractivity contribution in [3.05, 3.63) is 65.7 Å².